The molecule has 27 heavy (non-hydrogen) atoms. The Kier molecular flexibility index (Phi) is 9.29. The van der Waals surface area contributed by atoms with E-state index in [1.807, 2.05) is 0 Å². The van der Waals surface area contributed by atoms with Crippen molar-refractivity contribution >= 4 is 0 Å². The molecule has 2 fully saturated rings. The van der Waals surface area contributed by atoms with E-state index in [1.54, 1.807) is 28.4 Å². The summed E-state index contributed by atoms with van der Waals surface area (Å²) in [7, 11) is 9.28. The molecule has 160 valence electrons. The van der Waals surface area contributed by atoms with Crippen molar-refractivity contribution in [3.63, 3.8) is 0 Å². The molecule has 1 N–H and O–H groups in total. The van der Waals surface area contributed by atoms with Crippen LogP contribution in [0.2, 0.25) is 0 Å². The number of ether oxygens (including phenoxy) is 9. The Morgan fingerprint density at radius 1 is 0.778 bits per heavy atom. The lowest BCUT2D eigenvalue weighted by atomic mass is 9.98. The van der Waals surface area contributed by atoms with Crippen LogP contribution in [0.3, 0.4) is 0 Å². The predicted octanol–water partition coefficient (Wildman–Crippen LogP) is -0.833. The van der Waals surface area contributed by atoms with E-state index in [9.17, 15) is 5.11 Å². The Morgan fingerprint density at radius 2 is 1.37 bits per heavy atom. The summed E-state index contributed by atoms with van der Waals surface area (Å²) in [5.74, 6) is 0. The first-order valence-corrected chi connectivity index (χ1v) is 8.79. The summed E-state index contributed by atoms with van der Waals surface area (Å²) in [4.78, 5) is 0. The van der Waals surface area contributed by atoms with Gasteiger partial charge in [-0.05, 0) is 0 Å². The van der Waals surface area contributed by atoms with Gasteiger partial charge in [0.1, 0.15) is 42.7 Å². The minimum absolute atomic E-state index is 0.107. The van der Waals surface area contributed by atoms with Gasteiger partial charge in [-0.2, -0.15) is 0 Å². The molecule has 0 amide bonds. The fourth-order valence-electron chi connectivity index (χ4n) is 3.67. The second-order valence-electron chi connectivity index (χ2n) is 6.40. The maximum absolute atomic E-state index is 9.96. The zero-order valence-corrected chi connectivity index (χ0v) is 16.7. The van der Waals surface area contributed by atoms with Crippen molar-refractivity contribution < 1.29 is 47.7 Å². The zero-order chi connectivity index (χ0) is 20.0. The van der Waals surface area contributed by atoms with Crippen LogP contribution in [-0.4, -0.2) is 116 Å². The number of rotatable bonds is 9. The van der Waals surface area contributed by atoms with Crippen LogP contribution >= 0.6 is 0 Å². The van der Waals surface area contributed by atoms with E-state index in [1.165, 1.54) is 14.2 Å². The van der Waals surface area contributed by atoms with E-state index in [2.05, 4.69) is 0 Å². The Morgan fingerprint density at radius 3 is 1.89 bits per heavy atom. The van der Waals surface area contributed by atoms with Crippen molar-refractivity contribution in [2.24, 2.45) is 0 Å². The predicted molar refractivity (Wildman–Crippen MR) is 91.4 cm³/mol. The lowest BCUT2D eigenvalue weighted by molar-refractivity contribution is -0.349. The molecule has 0 aromatic heterocycles. The molecule has 9 atom stereocenters. The first-order chi connectivity index (χ1) is 13.1. The van der Waals surface area contributed by atoms with Crippen molar-refractivity contribution in [3.8, 4) is 0 Å². The van der Waals surface area contributed by atoms with E-state index in [0.717, 1.165) is 0 Å². The van der Waals surface area contributed by atoms with Crippen molar-refractivity contribution in [2.45, 2.75) is 55.3 Å². The van der Waals surface area contributed by atoms with E-state index >= 15 is 0 Å². The summed E-state index contributed by atoms with van der Waals surface area (Å²) in [5.41, 5.74) is 0. The van der Waals surface area contributed by atoms with Crippen LogP contribution < -0.4 is 0 Å². The maximum atomic E-state index is 9.96. The first-order valence-electron chi connectivity index (χ1n) is 8.79. The Bertz CT molecular complexity index is 425. The highest BCUT2D eigenvalue weighted by molar-refractivity contribution is 4.94. The molecule has 0 aliphatic carbocycles. The van der Waals surface area contributed by atoms with Gasteiger partial charge >= 0.3 is 0 Å². The van der Waals surface area contributed by atoms with Crippen LogP contribution in [-0.2, 0) is 42.6 Å². The summed E-state index contributed by atoms with van der Waals surface area (Å²) >= 11 is 0. The van der Waals surface area contributed by atoms with Crippen LogP contribution in [0, 0.1) is 0 Å². The van der Waals surface area contributed by atoms with E-state index in [4.69, 9.17) is 42.6 Å². The van der Waals surface area contributed by atoms with Gasteiger partial charge in [-0.25, -0.2) is 0 Å². The average Bonchev–Trinajstić information content (AvgIpc) is 2.68. The largest absolute Gasteiger partial charge is 0.382 e. The number of methoxy groups -OCH3 is 6. The molecule has 2 heterocycles. The number of hydrogen-bond acceptors (Lipinski definition) is 10. The molecule has 0 saturated carbocycles. The third kappa shape index (κ3) is 4.96. The molecular formula is C17H32O10. The quantitative estimate of drug-likeness (QED) is 0.531. The third-order valence-corrected chi connectivity index (χ3v) is 4.99. The molecule has 0 radical (unpaired) electrons. The molecular weight excluding hydrogens is 364 g/mol. The molecule has 2 aliphatic rings. The van der Waals surface area contributed by atoms with Gasteiger partial charge in [0.05, 0.1) is 13.2 Å². The highest BCUT2D eigenvalue weighted by atomic mass is 16.7. The lowest BCUT2D eigenvalue weighted by Gasteiger charge is -2.47. The fourth-order valence-corrected chi connectivity index (χ4v) is 3.67. The normalized spacial score (nSPS) is 43.0. The molecule has 0 aromatic rings. The van der Waals surface area contributed by atoms with Gasteiger partial charge in [0.2, 0.25) is 0 Å². The van der Waals surface area contributed by atoms with Gasteiger partial charge in [0.15, 0.2) is 12.6 Å². The van der Waals surface area contributed by atoms with Crippen molar-refractivity contribution in [3.05, 3.63) is 0 Å². The highest BCUT2D eigenvalue weighted by Crippen LogP contribution is 2.31. The van der Waals surface area contributed by atoms with E-state index < -0.39 is 55.3 Å². The number of hydrogen-bond donors (Lipinski definition) is 1. The molecule has 10 heteroatoms. The Balaban J connectivity index is 2.18. The Hall–Kier alpha value is -0.400. The molecule has 0 bridgehead atoms. The first kappa shape index (κ1) is 22.9. The van der Waals surface area contributed by atoms with Crippen LogP contribution in [0.1, 0.15) is 0 Å². The average molecular weight is 396 g/mol. The molecule has 10 nitrogen and oxygen atoms in total. The van der Waals surface area contributed by atoms with Crippen LogP contribution in [0.15, 0.2) is 0 Å². The standard InChI is InChI=1S/C17H32O10/c1-19-7-9-11(20-2)13(22-4)15(24-6)17(26-9)27-10-8-25-16(18)14(23-5)12(10)21-3/h9-18H,7-8H2,1-6H3/t9-,10-,11+,12+,13+,14-,15-,16+,17+/m1/s1. The summed E-state index contributed by atoms with van der Waals surface area (Å²) in [6.07, 6.45) is -5.50. The molecule has 2 aliphatic heterocycles. The zero-order valence-electron chi connectivity index (χ0n) is 16.7. The van der Waals surface area contributed by atoms with Gasteiger partial charge in [0, 0.05) is 42.7 Å². The molecule has 2 rings (SSSR count). The highest BCUT2D eigenvalue weighted by Gasteiger charge is 2.50. The summed E-state index contributed by atoms with van der Waals surface area (Å²) in [6.45, 7) is 0.402. The van der Waals surface area contributed by atoms with Crippen molar-refractivity contribution in [1.82, 2.24) is 0 Å². The van der Waals surface area contributed by atoms with Gasteiger partial charge in [-0.1, -0.05) is 0 Å². The summed E-state index contributed by atoms with van der Waals surface area (Å²) in [5, 5.41) is 9.96. The maximum Gasteiger partial charge on any atom is 0.187 e. The van der Waals surface area contributed by atoms with Gasteiger partial charge in [-0.3, -0.25) is 0 Å². The minimum Gasteiger partial charge on any atom is -0.382 e. The Labute approximate surface area is 159 Å². The lowest BCUT2D eigenvalue weighted by Crippen LogP contribution is -2.63. The molecule has 0 unspecified atom stereocenters. The van der Waals surface area contributed by atoms with Crippen LogP contribution in [0.5, 0.6) is 0 Å². The number of aliphatic hydroxyl groups is 1. The van der Waals surface area contributed by atoms with E-state index in [-0.39, 0.29) is 6.61 Å². The second-order valence-corrected chi connectivity index (χ2v) is 6.40. The SMILES string of the molecule is COC[C@H]1O[C@@H](O[C@@H]2CO[C@H](O)[C@H](OC)[C@H]2OC)[C@H](OC)[C@@H](OC)[C@H]1OC. The molecule has 2 saturated heterocycles. The van der Waals surface area contributed by atoms with E-state index in [0.29, 0.717) is 6.61 Å². The van der Waals surface area contributed by atoms with Crippen LogP contribution in [0.4, 0.5) is 0 Å². The minimum atomic E-state index is -1.10. The van der Waals surface area contributed by atoms with Gasteiger partial charge in [-0.15, -0.1) is 0 Å². The van der Waals surface area contributed by atoms with Gasteiger partial charge in [0.25, 0.3) is 0 Å². The molecule has 0 spiro atoms. The fraction of sp³-hybridized carbons (Fsp3) is 1.00. The monoisotopic (exact) mass is 396 g/mol. The second kappa shape index (κ2) is 11.0. The smallest absolute Gasteiger partial charge is 0.187 e. The number of aliphatic hydroxyl groups excluding tert-OH is 1. The van der Waals surface area contributed by atoms with Gasteiger partial charge < -0.3 is 47.7 Å². The topological polar surface area (TPSA) is 103 Å². The third-order valence-electron chi connectivity index (χ3n) is 4.99. The molecule has 0 aromatic carbocycles. The van der Waals surface area contributed by atoms with Crippen molar-refractivity contribution in [1.29, 1.82) is 0 Å². The van der Waals surface area contributed by atoms with Crippen LogP contribution in [0.25, 0.3) is 0 Å². The summed E-state index contributed by atoms with van der Waals surface area (Å²) in [6, 6.07) is 0. The van der Waals surface area contributed by atoms with Crippen molar-refractivity contribution in [2.75, 3.05) is 55.9 Å². The summed E-state index contributed by atoms with van der Waals surface area (Å²) < 4.78 is 50.4.